The zero-order valence-corrected chi connectivity index (χ0v) is 8.77. The van der Waals surface area contributed by atoms with Gasteiger partial charge in [-0.3, -0.25) is 0 Å². The summed E-state index contributed by atoms with van der Waals surface area (Å²) in [6.45, 7) is 2.09. The van der Waals surface area contributed by atoms with Gasteiger partial charge in [0.25, 0.3) is 0 Å². The van der Waals surface area contributed by atoms with E-state index >= 15 is 0 Å². The average molecular weight is 201 g/mol. The van der Waals surface area contributed by atoms with E-state index < -0.39 is 0 Å². The van der Waals surface area contributed by atoms with Crippen molar-refractivity contribution in [3.05, 3.63) is 53.6 Å². The third-order valence-corrected chi connectivity index (χ3v) is 2.41. The second-order valence-electron chi connectivity index (χ2n) is 3.77. The number of aromatic amines is 1. The first-order chi connectivity index (χ1) is 7.25. The van der Waals surface area contributed by atoms with Gasteiger partial charge in [-0.05, 0) is 18.9 Å². The Labute approximate surface area is 89.4 Å². The molecule has 0 saturated heterocycles. The first kappa shape index (κ1) is 9.93. The van der Waals surface area contributed by atoms with Gasteiger partial charge in [0, 0.05) is 12.4 Å². The molecule has 0 bridgehead atoms. The Morgan fingerprint density at radius 3 is 3.00 bits per heavy atom. The number of imidazole rings is 1. The van der Waals surface area contributed by atoms with Gasteiger partial charge in [-0.1, -0.05) is 29.8 Å². The van der Waals surface area contributed by atoms with E-state index in [4.69, 9.17) is 5.73 Å². The molecule has 2 rings (SSSR count). The Balaban J connectivity index is 2.09. The highest BCUT2D eigenvalue weighted by Crippen LogP contribution is 2.13. The molecule has 0 amide bonds. The van der Waals surface area contributed by atoms with E-state index in [-0.39, 0.29) is 6.04 Å². The standard InChI is InChI=1S/C12H15N3/c1-9-3-2-4-10(7-9)8-11(13)12-14-5-6-15-12/h2-7,11H,8,13H2,1H3,(H,14,15). The summed E-state index contributed by atoms with van der Waals surface area (Å²) in [6, 6.07) is 8.34. The lowest BCUT2D eigenvalue weighted by molar-refractivity contribution is 0.677. The molecule has 0 aliphatic rings. The van der Waals surface area contributed by atoms with Crippen molar-refractivity contribution in [2.45, 2.75) is 19.4 Å². The highest BCUT2D eigenvalue weighted by atomic mass is 14.9. The van der Waals surface area contributed by atoms with Crippen LogP contribution in [0.15, 0.2) is 36.7 Å². The van der Waals surface area contributed by atoms with E-state index in [0.29, 0.717) is 0 Å². The highest BCUT2D eigenvalue weighted by molar-refractivity contribution is 5.23. The summed E-state index contributed by atoms with van der Waals surface area (Å²) in [5.41, 5.74) is 8.54. The molecule has 0 radical (unpaired) electrons. The Morgan fingerprint density at radius 1 is 1.47 bits per heavy atom. The fourth-order valence-corrected chi connectivity index (χ4v) is 1.67. The molecule has 0 spiro atoms. The predicted octanol–water partition coefficient (Wildman–Crippen LogP) is 1.96. The predicted molar refractivity (Wildman–Crippen MR) is 60.4 cm³/mol. The maximum atomic E-state index is 6.03. The van der Waals surface area contributed by atoms with E-state index in [2.05, 4.69) is 41.2 Å². The molecule has 1 aromatic heterocycles. The molecule has 0 fully saturated rings. The monoisotopic (exact) mass is 201 g/mol. The lowest BCUT2D eigenvalue weighted by Gasteiger charge is -2.09. The number of hydrogen-bond donors (Lipinski definition) is 2. The van der Waals surface area contributed by atoms with Crippen LogP contribution in [0.4, 0.5) is 0 Å². The summed E-state index contributed by atoms with van der Waals surface area (Å²) in [4.78, 5) is 7.19. The van der Waals surface area contributed by atoms with Crippen LogP contribution >= 0.6 is 0 Å². The van der Waals surface area contributed by atoms with Gasteiger partial charge < -0.3 is 10.7 Å². The normalized spacial score (nSPS) is 12.7. The molecule has 1 aromatic carbocycles. The number of H-pyrrole nitrogens is 1. The molecule has 78 valence electrons. The van der Waals surface area contributed by atoms with Crippen molar-refractivity contribution in [2.75, 3.05) is 0 Å². The molecule has 2 aromatic rings. The zero-order valence-electron chi connectivity index (χ0n) is 8.77. The van der Waals surface area contributed by atoms with E-state index in [1.807, 2.05) is 0 Å². The van der Waals surface area contributed by atoms with Gasteiger partial charge >= 0.3 is 0 Å². The molecule has 3 N–H and O–H groups in total. The van der Waals surface area contributed by atoms with Crippen molar-refractivity contribution >= 4 is 0 Å². The van der Waals surface area contributed by atoms with Crippen LogP contribution in [-0.2, 0) is 6.42 Å². The number of benzene rings is 1. The number of aromatic nitrogens is 2. The van der Waals surface area contributed by atoms with E-state index in [1.165, 1.54) is 11.1 Å². The zero-order chi connectivity index (χ0) is 10.7. The smallest absolute Gasteiger partial charge is 0.123 e. The van der Waals surface area contributed by atoms with Gasteiger partial charge in [-0.15, -0.1) is 0 Å². The van der Waals surface area contributed by atoms with Crippen LogP contribution in [0.25, 0.3) is 0 Å². The van der Waals surface area contributed by atoms with Crippen LogP contribution in [0.5, 0.6) is 0 Å². The third kappa shape index (κ3) is 2.44. The van der Waals surface area contributed by atoms with Crippen molar-refractivity contribution in [3.63, 3.8) is 0 Å². The Morgan fingerprint density at radius 2 is 2.33 bits per heavy atom. The van der Waals surface area contributed by atoms with E-state index in [0.717, 1.165) is 12.2 Å². The lowest BCUT2D eigenvalue weighted by Crippen LogP contribution is -2.14. The van der Waals surface area contributed by atoms with Crippen molar-refractivity contribution in [3.8, 4) is 0 Å². The molecular formula is C12H15N3. The highest BCUT2D eigenvalue weighted by Gasteiger charge is 2.08. The summed E-state index contributed by atoms with van der Waals surface area (Å²) in [5.74, 6) is 0.844. The largest absolute Gasteiger partial charge is 0.347 e. The molecule has 0 aliphatic carbocycles. The Kier molecular flexibility index (Phi) is 2.83. The Hall–Kier alpha value is -1.61. The van der Waals surface area contributed by atoms with Gasteiger partial charge in [-0.2, -0.15) is 0 Å². The summed E-state index contributed by atoms with van der Waals surface area (Å²) in [6.07, 6.45) is 4.34. The van der Waals surface area contributed by atoms with Gasteiger partial charge in [0.05, 0.1) is 6.04 Å². The number of rotatable bonds is 3. The topological polar surface area (TPSA) is 54.7 Å². The van der Waals surface area contributed by atoms with Crippen LogP contribution in [0.2, 0.25) is 0 Å². The molecule has 1 heterocycles. The minimum Gasteiger partial charge on any atom is -0.347 e. The first-order valence-corrected chi connectivity index (χ1v) is 5.06. The maximum absolute atomic E-state index is 6.03. The van der Waals surface area contributed by atoms with Crippen LogP contribution in [-0.4, -0.2) is 9.97 Å². The molecule has 1 atom stereocenters. The van der Waals surface area contributed by atoms with Gasteiger partial charge in [-0.25, -0.2) is 4.98 Å². The summed E-state index contributed by atoms with van der Waals surface area (Å²) >= 11 is 0. The minimum atomic E-state index is -0.0539. The van der Waals surface area contributed by atoms with Crippen molar-refractivity contribution in [1.29, 1.82) is 0 Å². The van der Waals surface area contributed by atoms with Crippen molar-refractivity contribution in [2.24, 2.45) is 5.73 Å². The number of aryl methyl sites for hydroxylation is 1. The fourth-order valence-electron chi connectivity index (χ4n) is 1.67. The minimum absolute atomic E-state index is 0.0539. The second kappa shape index (κ2) is 4.28. The molecule has 0 aliphatic heterocycles. The fraction of sp³-hybridized carbons (Fsp3) is 0.250. The average Bonchev–Trinajstić information content (AvgIpc) is 2.70. The SMILES string of the molecule is Cc1cccc(CC(N)c2ncc[nH]2)c1. The summed E-state index contributed by atoms with van der Waals surface area (Å²) in [5, 5.41) is 0. The summed E-state index contributed by atoms with van der Waals surface area (Å²) in [7, 11) is 0. The van der Waals surface area contributed by atoms with Gasteiger partial charge in [0.1, 0.15) is 5.82 Å². The maximum Gasteiger partial charge on any atom is 0.123 e. The molecular weight excluding hydrogens is 186 g/mol. The van der Waals surface area contributed by atoms with Crippen molar-refractivity contribution in [1.82, 2.24) is 9.97 Å². The van der Waals surface area contributed by atoms with Crippen LogP contribution in [0, 0.1) is 6.92 Å². The number of hydrogen-bond acceptors (Lipinski definition) is 2. The molecule has 1 unspecified atom stereocenters. The van der Waals surface area contributed by atoms with Crippen LogP contribution in [0.1, 0.15) is 23.0 Å². The first-order valence-electron chi connectivity index (χ1n) is 5.06. The van der Waals surface area contributed by atoms with Gasteiger partial charge in [0.2, 0.25) is 0 Å². The van der Waals surface area contributed by atoms with Crippen LogP contribution < -0.4 is 5.73 Å². The Bertz CT molecular complexity index is 420. The number of nitrogens with one attached hydrogen (secondary N) is 1. The molecule has 3 nitrogen and oxygen atoms in total. The molecule has 0 saturated carbocycles. The van der Waals surface area contributed by atoms with E-state index in [1.54, 1.807) is 12.4 Å². The van der Waals surface area contributed by atoms with Gasteiger partial charge in [0.15, 0.2) is 0 Å². The van der Waals surface area contributed by atoms with Crippen molar-refractivity contribution < 1.29 is 0 Å². The van der Waals surface area contributed by atoms with E-state index in [9.17, 15) is 0 Å². The number of nitrogens with zero attached hydrogens (tertiary/aromatic N) is 1. The lowest BCUT2D eigenvalue weighted by atomic mass is 10.0. The molecule has 3 heteroatoms. The second-order valence-corrected chi connectivity index (χ2v) is 3.77. The number of nitrogens with two attached hydrogens (primary N) is 1. The molecule has 15 heavy (non-hydrogen) atoms. The third-order valence-electron chi connectivity index (χ3n) is 2.41. The summed E-state index contributed by atoms with van der Waals surface area (Å²) < 4.78 is 0. The van der Waals surface area contributed by atoms with Crippen LogP contribution in [0.3, 0.4) is 0 Å². The quantitative estimate of drug-likeness (QED) is 0.797.